The smallest absolute Gasteiger partial charge is 0.0645 e. The van der Waals surface area contributed by atoms with Gasteiger partial charge in [-0.15, -0.1) is 0 Å². The van der Waals surface area contributed by atoms with Crippen molar-refractivity contribution in [1.29, 1.82) is 0 Å². The highest BCUT2D eigenvalue weighted by molar-refractivity contribution is 5.09. The molecule has 0 aliphatic heterocycles. The predicted octanol–water partition coefficient (Wildman–Crippen LogP) is 1.26. The summed E-state index contributed by atoms with van der Waals surface area (Å²) in [5.41, 5.74) is 1.31. The van der Waals surface area contributed by atoms with E-state index < -0.39 is 0 Å². The van der Waals surface area contributed by atoms with E-state index in [1.807, 2.05) is 7.05 Å². The molecule has 4 heteroatoms. The first kappa shape index (κ1) is 13.2. The Labute approximate surface area is 97.5 Å². The zero-order valence-corrected chi connectivity index (χ0v) is 10.2. The first-order valence-corrected chi connectivity index (χ1v) is 5.72. The van der Waals surface area contributed by atoms with Gasteiger partial charge in [-0.2, -0.15) is 0 Å². The largest absolute Gasteiger partial charge is 0.385 e. The molecule has 1 aromatic heterocycles. The minimum absolute atomic E-state index is 0.761. The molecule has 0 unspecified atom stereocenters. The molecule has 0 aliphatic carbocycles. The van der Waals surface area contributed by atoms with Crippen LogP contribution in [0.2, 0.25) is 0 Å². The van der Waals surface area contributed by atoms with Crippen LogP contribution in [0.5, 0.6) is 0 Å². The highest BCUT2D eigenvalue weighted by Crippen LogP contribution is 2.00. The van der Waals surface area contributed by atoms with Crippen LogP contribution < -0.4 is 5.32 Å². The van der Waals surface area contributed by atoms with Crippen molar-refractivity contribution in [2.24, 2.45) is 0 Å². The van der Waals surface area contributed by atoms with Gasteiger partial charge in [0.25, 0.3) is 0 Å². The van der Waals surface area contributed by atoms with Gasteiger partial charge in [0.2, 0.25) is 0 Å². The zero-order valence-electron chi connectivity index (χ0n) is 10.2. The Balaban J connectivity index is 2.07. The molecule has 0 amide bonds. The summed E-state index contributed by atoms with van der Waals surface area (Å²) in [6, 6.07) is 2.13. The van der Waals surface area contributed by atoms with Crippen LogP contribution in [-0.2, 0) is 22.6 Å². The topological polar surface area (TPSA) is 35.4 Å². The van der Waals surface area contributed by atoms with E-state index in [2.05, 4.69) is 28.3 Å². The summed E-state index contributed by atoms with van der Waals surface area (Å²) < 4.78 is 12.6. The second-order valence-electron chi connectivity index (χ2n) is 3.75. The lowest BCUT2D eigenvalue weighted by Crippen LogP contribution is -2.07. The minimum atomic E-state index is 0.761. The van der Waals surface area contributed by atoms with E-state index in [1.165, 1.54) is 5.56 Å². The van der Waals surface area contributed by atoms with Gasteiger partial charge in [-0.3, -0.25) is 0 Å². The van der Waals surface area contributed by atoms with E-state index in [-0.39, 0.29) is 0 Å². The molecular formula is C12H22N2O2. The van der Waals surface area contributed by atoms with Crippen molar-refractivity contribution < 1.29 is 9.47 Å². The Bertz CT molecular complexity index is 274. The van der Waals surface area contributed by atoms with E-state index in [9.17, 15) is 0 Å². The lowest BCUT2D eigenvalue weighted by atomic mass is 10.3. The number of nitrogens with one attached hydrogen (secondary N) is 1. The highest BCUT2D eigenvalue weighted by Gasteiger charge is 1.95. The molecular weight excluding hydrogens is 204 g/mol. The number of aromatic nitrogens is 1. The number of hydrogen-bond donors (Lipinski definition) is 1. The Morgan fingerprint density at radius 2 is 2.19 bits per heavy atom. The van der Waals surface area contributed by atoms with Crippen LogP contribution in [0.1, 0.15) is 12.0 Å². The number of rotatable bonds is 9. The molecule has 0 aliphatic rings. The highest BCUT2D eigenvalue weighted by atomic mass is 16.5. The average Bonchev–Trinajstić information content (AvgIpc) is 2.72. The van der Waals surface area contributed by atoms with E-state index in [4.69, 9.17) is 9.47 Å². The maximum absolute atomic E-state index is 5.49. The summed E-state index contributed by atoms with van der Waals surface area (Å²) in [5.74, 6) is 0. The molecule has 0 bridgehead atoms. The molecule has 0 atom stereocenters. The first-order chi connectivity index (χ1) is 7.86. The summed E-state index contributed by atoms with van der Waals surface area (Å²) in [6.45, 7) is 4.14. The van der Waals surface area contributed by atoms with Crippen LogP contribution in [0.4, 0.5) is 0 Å². The summed E-state index contributed by atoms with van der Waals surface area (Å²) in [7, 11) is 3.67. The number of methoxy groups -OCH3 is 1. The second-order valence-corrected chi connectivity index (χ2v) is 3.75. The van der Waals surface area contributed by atoms with Crippen molar-refractivity contribution in [3.05, 3.63) is 24.0 Å². The first-order valence-electron chi connectivity index (χ1n) is 5.72. The molecule has 1 heterocycles. The van der Waals surface area contributed by atoms with E-state index in [0.29, 0.717) is 0 Å². The number of nitrogens with zero attached hydrogens (tertiary/aromatic N) is 1. The fourth-order valence-electron chi connectivity index (χ4n) is 1.52. The van der Waals surface area contributed by atoms with Gasteiger partial charge in [0.15, 0.2) is 0 Å². The van der Waals surface area contributed by atoms with Crippen LogP contribution >= 0.6 is 0 Å². The summed E-state index contributed by atoms with van der Waals surface area (Å²) in [4.78, 5) is 0. The summed E-state index contributed by atoms with van der Waals surface area (Å²) >= 11 is 0. The van der Waals surface area contributed by atoms with Crippen LogP contribution in [0.3, 0.4) is 0 Å². The lowest BCUT2D eigenvalue weighted by molar-refractivity contribution is 0.0977. The van der Waals surface area contributed by atoms with Crippen molar-refractivity contribution in [2.75, 3.05) is 34.0 Å². The molecule has 0 saturated carbocycles. The Morgan fingerprint density at radius 1 is 1.31 bits per heavy atom. The fourth-order valence-corrected chi connectivity index (χ4v) is 1.52. The molecule has 0 fully saturated rings. The maximum atomic E-state index is 5.49. The molecule has 0 saturated heterocycles. The van der Waals surface area contributed by atoms with Crippen LogP contribution in [0.25, 0.3) is 0 Å². The standard InChI is InChI=1S/C12H22N2O2/c1-13-10-12-4-5-14(11-12)6-9-16-8-3-7-15-2/h4-5,11,13H,3,6-10H2,1-2H3. The Kier molecular flexibility index (Phi) is 6.88. The van der Waals surface area contributed by atoms with Crippen LogP contribution in [0.15, 0.2) is 18.5 Å². The van der Waals surface area contributed by atoms with Gasteiger partial charge in [-0.1, -0.05) is 0 Å². The number of hydrogen-bond acceptors (Lipinski definition) is 3. The minimum Gasteiger partial charge on any atom is -0.385 e. The van der Waals surface area contributed by atoms with Crippen molar-refractivity contribution in [2.45, 2.75) is 19.5 Å². The zero-order chi connectivity index (χ0) is 11.6. The van der Waals surface area contributed by atoms with Crippen molar-refractivity contribution in [3.63, 3.8) is 0 Å². The monoisotopic (exact) mass is 226 g/mol. The Hall–Kier alpha value is -0.840. The third kappa shape index (κ3) is 5.30. The van der Waals surface area contributed by atoms with Gasteiger partial charge in [0.05, 0.1) is 6.61 Å². The SMILES string of the molecule is CNCc1ccn(CCOCCCOC)c1. The van der Waals surface area contributed by atoms with Crippen molar-refractivity contribution >= 4 is 0 Å². The van der Waals surface area contributed by atoms with Crippen molar-refractivity contribution in [3.8, 4) is 0 Å². The lowest BCUT2D eigenvalue weighted by Gasteiger charge is -2.04. The van der Waals surface area contributed by atoms with E-state index >= 15 is 0 Å². The Morgan fingerprint density at radius 3 is 2.94 bits per heavy atom. The fraction of sp³-hybridized carbons (Fsp3) is 0.667. The molecule has 0 spiro atoms. The van der Waals surface area contributed by atoms with Crippen LogP contribution in [0, 0.1) is 0 Å². The maximum Gasteiger partial charge on any atom is 0.0645 e. The molecule has 1 rings (SSSR count). The number of ether oxygens (including phenoxy) is 2. The normalized spacial score (nSPS) is 10.9. The molecule has 0 aromatic carbocycles. The van der Waals surface area contributed by atoms with Gasteiger partial charge < -0.3 is 19.4 Å². The van der Waals surface area contributed by atoms with Gasteiger partial charge in [-0.25, -0.2) is 0 Å². The molecule has 0 radical (unpaired) electrons. The third-order valence-electron chi connectivity index (χ3n) is 2.32. The quantitative estimate of drug-likeness (QED) is 0.644. The molecule has 4 nitrogen and oxygen atoms in total. The van der Waals surface area contributed by atoms with Gasteiger partial charge in [0.1, 0.15) is 0 Å². The second kappa shape index (κ2) is 8.33. The molecule has 1 N–H and O–H groups in total. The predicted molar refractivity (Wildman–Crippen MR) is 64.5 cm³/mol. The van der Waals surface area contributed by atoms with Crippen molar-refractivity contribution in [1.82, 2.24) is 9.88 Å². The molecule has 16 heavy (non-hydrogen) atoms. The summed E-state index contributed by atoms with van der Waals surface area (Å²) in [6.07, 6.45) is 5.20. The van der Waals surface area contributed by atoms with Gasteiger partial charge in [0, 0.05) is 45.8 Å². The van der Waals surface area contributed by atoms with Gasteiger partial charge >= 0.3 is 0 Å². The summed E-state index contributed by atoms with van der Waals surface area (Å²) in [5, 5.41) is 3.13. The van der Waals surface area contributed by atoms with E-state index in [0.717, 1.165) is 39.3 Å². The average molecular weight is 226 g/mol. The molecule has 1 aromatic rings. The van der Waals surface area contributed by atoms with E-state index in [1.54, 1.807) is 7.11 Å². The third-order valence-corrected chi connectivity index (χ3v) is 2.32. The molecule has 92 valence electrons. The van der Waals surface area contributed by atoms with Crippen LogP contribution in [-0.4, -0.2) is 38.5 Å². The van der Waals surface area contributed by atoms with Gasteiger partial charge in [-0.05, 0) is 25.1 Å².